The first-order chi connectivity index (χ1) is 15.0. The number of aromatic nitrogens is 2. The molecule has 10 heteroatoms. The number of anilines is 1. The summed E-state index contributed by atoms with van der Waals surface area (Å²) in [6.07, 6.45) is 6.13. The van der Waals surface area contributed by atoms with Crippen molar-refractivity contribution in [3.63, 3.8) is 0 Å². The van der Waals surface area contributed by atoms with Crippen LogP contribution in [-0.2, 0) is 17.8 Å². The second-order valence-electron chi connectivity index (χ2n) is 8.45. The van der Waals surface area contributed by atoms with Crippen LogP contribution in [0.4, 0.5) is 5.00 Å². The first kappa shape index (κ1) is 28.0. The monoisotopic (exact) mass is 529 g/mol. The highest BCUT2D eigenvalue weighted by molar-refractivity contribution is 7.22. The quantitative estimate of drug-likeness (QED) is 0.388. The largest absolute Gasteiger partial charge is 0.317 e. The van der Waals surface area contributed by atoms with Crippen LogP contribution in [0.1, 0.15) is 51.0 Å². The number of nitrogens with one attached hydrogen (secondary N) is 2. The molecule has 0 aromatic carbocycles. The molecule has 33 heavy (non-hydrogen) atoms. The lowest BCUT2D eigenvalue weighted by Crippen LogP contribution is -2.35. The third-order valence-electron chi connectivity index (χ3n) is 5.93. The van der Waals surface area contributed by atoms with Gasteiger partial charge in [-0.05, 0) is 45.2 Å². The third-order valence-corrected chi connectivity index (χ3v) is 8.12. The maximum absolute atomic E-state index is 12.7. The molecule has 1 aliphatic heterocycles. The lowest BCUT2D eigenvalue weighted by molar-refractivity contribution is -0.116. The predicted molar refractivity (Wildman–Crippen MR) is 145 cm³/mol. The fourth-order valence-corrected chi connectivity index (χ4v) is 6.20. The van der Waals surface area contributed by atoms with E-state index in [2.05, 4.69) is 48.2 Å². The van der Waals surface area contributed by atoms with Gasteiger partial charge < -0.3 is 10.6 Å². The summed E-state index contributed by atoms with van der Waals surface area (Å²) in [6.45, 7) is 11.4. The summed E-state index contributed by atoms with van der Waals surface area (Å²) in [5.41, 5.74) is 3.38. The SMILES string of the molecule is CCC(C)NCCC(=O)Nc1sc2c(c1-c1nc3cnccc3s1)CCN(C(C)C)C2.Cl.Cl. The number of nitrogens with zero attached hydrogens (tertiary/aromatic N) is 3. The molecule has 3 aromatic rings. The van der Waals surface area contributed by atoms with Crippen molar-refractivity contribution in [3.8, 4) is 10.6 Å². The number of amides is 1. The Balaban J connectivity index is 0.00000193. The first-order valence-corrected chi connectivity index (χ1v) is 12.7. The van der Waals surface area contributed by atoms with Crippen LogP contribution >= 0.6 is 47.5 Å². The fourth-order valence-electron chi connectivity index (χ4n) is 3.83. The smallest absolute Gasteiger partial charge is 0.226 e. The van der Waals surface area contributed by atoms with Crippen molar-refractivity contribution >= 4 is 68.6 Å². The van der Waals surface area contributed by atoms with Crippen molar-refractivity contribution in [2.24, 2.45) is 0 Å². The minimum Gasteiger partial charge on any atom is -0.317 e. The summed E-state index contributed by atoms with van der Waals surface area (Å²) < 4.78 is 1.12. The van der Waals surface area contributed by atoms with Crippen LogP contribution in [0.15, 0.2) is 18.5 Å². The number of fused-ring (bicyclic) bond motifs is 2. The highest BCUT2D eigenvalue weighted by Gasteiger charge is 2.28. The van der Waals surface area contributed by atoms with Gasteiger partial charge in [-0.2, -0.15) is 0 Å². The lowest BCUT2D eigenvalue weighted by atomic mass is 10.0. The summed E-state index contributed by atoms with van der Waals surface area (Å²) in [7, 11) is 0. The molecular formula is C23H33Cl2N5OS2. The van der Waals surface area contributed by atoms with E-state index < -0.39 is 0 Å². The van der Waals surface area contributed by atoms with Crippen molar-refractivity contribution in [1.82, 2.24) is 20.2 Å². The predicted octanol–water partition coefficient (Wildman–Crippen LogP) is 5.75. The molecule has 1 aliphatic rings. The molecule has 182 valence electrons. The van der Waals surface area contributed by atoms with Gasteiger partial charge in [0, 0.05) is 54.8 Å². The van der Waals surface area contributed by atoms with Gasteiger partial charge in [0.05, 0.1) is 10.9 Å². The lowest BCUT2D eigenvalue weighted by Gasteiger charge is -2.30. The average molecular weight is 531 g/mol. The Morgan fingerprint density at radius 1 is 1.24 bits per heavy atom. The molecule has 0 aliphatic carbocycles. The summed E-state index contributed by atoms with van der Waals surface area (Å²) >= 11 is 3.40. The molecule has 0 bridgehead atoms. The Morgan fingerprint density at radius 3 is 2.73 bits per heavy atom. The van der Waals surface area contributed by atoms with Crippen molar-refractivity contribution in [2.75, 3.05) is 18.4 Å². The Kier molecular flexibility index (Phi) is 10.5. The minimum absolute atomic E-state index is 0. The maximum atomic E-state index is 12.7. The second-order valence-corrected chi connectivity index (χ2v) is 10.6. The van der Waals surface area contributed by atoms with Crippen LogP contribution in [-0.4, -0.2) is 45.9 Å². The molecule has 4 heterocycles. The van der Waals surface area contributed by atoms with E-state index in [1.807, 2.05) is 12.3 Å². The van der Waals surface area contributed by atoms with Crippen LogP contribution < -0.4 is 10.6 Å². The molecule has 0 saturated heterocycles. The molecule has 1 unspecified atom stereocenters. The summed E-state index contributed by atoms with van der Waals surface area (Å²) in [5, 5.41) is 8.54. The number of thiazole rings is 1. The zero-order chi connectivity index (χ0) is 22.0. The van der Waals surface area contributed by atoms with Gasteiger partial charge in [-0.15, -0.1) is 47.5 Å². The van der Waals surface area contributed by atoms with Crippen molar-refractivity contribution in [1.29, 1.82) is 0 Å². The van der Waals surface area contributed by atoms with Crippen LogP contribution in [0.2, 0.25) is 0 Å². The zero-order valence-electron chi connectivity index (χ0n) is 19.5. The van der Waals surface area contributed by atoms with Crippen molar-refractivity contribution < 1.29 is 4.79 Å². The van der Waals surface area contributed by atoms with E-state index in [1.165, 1.54) is 10.4 Å². The molecule has 4 rings (SSSR count). The molecular weight excluding hydrogens is 497 g/mol. The van der Waals surface area contributed by atoms with Gasteiger partial charge in [-0.25, -0.2) is 4.98 Å². The molecule has 6 nitrogen and oxygen atoms in total. The molecule has 2 N–H and O–H groups in total. The number of pyridine rings is 1. The average Bonchev–Trinajstić information content (AvgIpc) is 3.33. The van der Waals surface area contributed by atoms with Gasteiger partial charge >= 0.3 is 0 Å². The molecule has 1 amide bonds. The van der Waals surface area contributed by atoms with E-state index in [0.717, 1.165) is 51.7 Å². The Morgan fingerprint density at radius 2 is 2.03 bits per heavy atom. The van der Waals surface area contributed by atoms with E-state index >= 15 is 0 Å². The van der Waals surface area contributed by atoms with Crippen molar-refractivity contribution in [2.45, 2.75) is 65.6 Å². The number of hydrogen-bond acceptors (Lipinski definition) is 7. The van der Waals surface area contributed by atoms with Gasteiger partial charge in [0.1, 0.15) is 15.5 Å². The topological polar surface area (TPSA) is 70.1 Å². The summed E-state index contributed by atoms with van der Waals surface area (Å²) in [5.74, 6) is 0.0548. The Labute approximate surface area is 216 Å². The molecule has 0 radical (unpaired) electrons. The van der Waals surface area contributed by atoms with Gasteiger partial charge in [0.2, 0.25) is 5.91 Å². The number of thiophene rings is 1. The van der Waals surface area contributed by atoms with Gasteiger partial charge in [0.25, 0.3) is 0 Å². The van der Waals surface area contributed by atoms with E-state index in [-0.39, 0.29) is 30.7 Å². The van der Waals surface area contributed by atoms with Gasteiger partial charge in [-0.1, -0.05) is 6.92 Å². The summed E-state index contributed by atoms with van der Waals surface area (Å²) in [4.78, 5) is 25.7. The van der Waals surface area contributed by atoms with Crippen LogP contribution in [0.25, 0.3) is 20.8 Å². The number of carbonyl (C=O) groups is 1. The standard InChI is InChI=1S/C23H31N5OS2.2ClH/c1-5-15(4)25-10-7-20(29)27-23-21(22-26-17-12-24-9-6-18(17)30-22)16-8-11-28(14(2)3)13-19(16)31-23;;/h6,9,12,14-15,25H,5,7-8,10-11,13H2,1-4H3,(H,27,29);2*1H. The highest BCUT2D eigenvalue weighted by atomic mass is 35.5. The molecule has 1 atom stereocenters. The van der Waals surface area contributed by atoms with Crippen molar-refractivity contribution in [3.05, 3.63) is 28.9 Å². The number of rotatable bonds is 8. The molecule has 3 aromatic heterocycles. The van der Waals surface area contributed by atoms with Gasteiger partial charge in [-0.3, -0.25) is 14.7 Å². The number of hydrogen-bond donors (Lipinski definition) is 2. The third kappa shape index (κ3) is 6.44. The minimum atomic E-state index is 0. The summed E-state index contributed by atoms with van der Waals surface area (Å²) in [6, 6.07) is 2.95. The van der Waals surface area contributed by atoms with Crippen LogP contribution in [0.5, 0.6) is 0 Å². The Bertz CT molecular complexity index is 1040. The maximum Gasteiger partial charge on any atom is 0.226 e. The van der Waals surface area contributed by atoms with E-state index in [9.17, 15) is 4.79 Å². The fraction of sp³-hybridized carbons (Fsp3) is 0.522. The first-order valence-electron chi connectivity index (χ1n) is 11.1. The normalized spacial score (nSPS) is 14.5. The Hall–Kier alpha value is -1.29. The number of halogens is 2. The van der Waals surface area contributed by atoms with E-state index in [1.54, 1.807) is 28.9 Å². The van der Waals surface area contributed by atoms with Crippen LogP contribution in [0, 0.1) is 0 Å². The zero-order valence-corrected chi connectivity index (χ0v) is 22.8. The van der Waals surface area contributed by atoms with E-state index in [4.69, 9.17) is 4.98 Å². The van der Waals surface area contributed by atoms with Crippen LogP contribution in [0.3, 0.4) is 0 Å². The van der Waals surface area contributed by atoms with Gasteiger partial charge in [0.15, 0.2) is 0 Å². The second kappa shape index (κ2) is 12.4. The number of carbonyl (C=O) groups excluding carboxylic acids is 1. The van der Waals surface area contributed by atoms with E-state index in [0.29, 0.717) is 25.0 Å². The molecule has 0 spiro atoms. The molecule has 0 saturated carbocycles. The molecule has 0 fully saturated rings. The highest BCUT2D eigenvalue weighted by Crippen LogP contribution is 2.45.